The van der Waals surface area contributed by atoms with Crippen LogP contribution in [0.1, 0.15) is 36.6 Å². The number of hydrogen-bond donors (Lipinski definition) is 1. The highest BCUT2D eigenvalue weighted by Gasteiger charge is 2.17. The fraction of sp³-hybridized carbons (Fsp3) is 0.357. The van der Waals surface area contributed by atoms with Gasteiger partial charge in [0.15, 0.2) is 5.69 Å². The summed E-state index contributed by atoms with van der Waals surface area (Å²) in [6.45, 7) is 4.09. The monoisotopic (exact) mass is 262 g/mol. The number of aromatic carboxylic acids is 1. The molecule has 0 saturated heterocycles. The van der Waals surface area contributed by atoms with Gasteiger partial charge in [-0.3, -0.25) is 0 Å². The van der Waals surface area contributed by atoms with Crippen LogP contribution in [-0.4, -0.2) is 21.0 Å². The van der Waals surface area contributed by atoms with Gasteiger partial charge in [-0.1, -0.05) is 26.3 Å². The highest BCUT2D eigenvalue weighted by molar-refractivity contribution is 6.00. The zero-order chi connectivity index (χ0) is 14.0. The van der Waals surface area contributed by atoms with Crippen molar-refractivity contribution < 1.29 is 14.3 Å². The Balaban J connectivity index is 2.62. The van der Waals surface area contributed by atoms with Crippen LogP contribution in [0.15, 0.2) is 18.2 Å². The summed E-state index contributed by atoms with van der Waals surface area (Å²) in [5.41, 5.74) is 0.0760. The third-order valence-electron chi connectivity index (χ3n) is 3.15. The van der Waals surface area contributed by atoms with Crippen molar-refractivity contribution in [2.24, 2.45) is 5.92 Å². The molecule has 19 heavy (non-hydrogen) atoms. The van der Waals surface area contributed by atoms with Crippen molar-refractivity contribution >= 4 is 16.9 Å². The lowest BCUT2D eigenvalue weighted by Crippen LogP contribution is -2.10. The zero-order valence-electron chi connectivity index (χ0n) is 10.9. The normalized spacial score (nSPS) is 12.6. The smallest absolute Gasteiger partial charge is 0.355 e. The van der Waals surface area contributed by atoms with Crippen LogP contribution >= 0.6 is 0 Å². The Labute approximate surface area is 110 Å². The lowest BCUT2D eigenvalue weighted by atomic mass is 10.0. The van der Waals surface area contributed by atoms with E-state index in [0.29, 0.717) is 23.7 Å². The number of carbonyl (C=O) groups is 1. The highest BCUT2D eigenvalue weighted by atomic mass is 19.1. The number of aromatic nitrogens is 2. The van der Waals surface area contributed by atoms with E-state index in [1.165, 1.54) is 12.1 Å². The van der Waals surface area contributed by atoms with Crippen LogP contribution in [0.5, 0.6) is 0 Å². The Bertz CT molecular complexity index is 628. The number of rotatable bonds is 4. The van der Waals surface area contributed by atoms with Crippen molar-refractivity contribution in [3.63, 3.8) is 0 Å². The van der Waals surface area contributed by atoms with Crippen LogP contribution in [0, 0.1) is 11.7 Å². The van der Waals surface area contributed by atoms with E-state index in [-0.39, 0.29) is 11.1 Å². The van der Waals surface area contributed by atoms with Crippen LogP contribution in [0.4, 0.5) is 4.39 Å². The Morgan fingerprint density at radius 3 is 2.79 bits per heavy atom. The second-order valence-corrected chi connectivity index (χ2v) is 4.65. The van der Waals surface area contributed by atoms with Gasteiger partial charge < -0.3 is 5.11 Å². The van der Waals surface area contributed by atoms with Gasteiger partial charge in [-0.15, -0.1) is 0 Å². The van der Waals surface area contributed by atoms with Crippen LogP contribution in [0.25, 0.3) is 10.9 Å². The number of carboxylic acids is 1. The van der Waals surface area contributed by atoms with Gasteiger partial charge in [0.1, 0.15) is 11.6 Å². The first kappa shape index (κ1) is 13.4. The van der Waals surface area contributed by atoms with Gasteiger partial charge in [0, 0.05) is 6.42 Å². The summed E-state index contributed by atoms with van der Waals surface area (Å²) >= 11 is 0. The topological polar surface area (TPSA) is 63.1 Å². The van der Waals surface area contributed by atoms with Crippen LogP contribution in [-0.2, 0) is 6.42 Å². The van der Waals surface area contributed by atoms with Gasteiger partial charge in [0.25, 0.3) is 0 Å². The van der Waals surface area contributed by atoms with Crippen LogP contribution in [0.2, 0.25) is 0 Å². The predicted molar refractivity (Wildman–Crippen MR) is 69.6 cm³/mol. The van der Waals surface area contributed by atoms with E-state index < -0.39 is 11.8 Å². The summed E-state index contributed by atoms with van der Waals surface area (Å²) in [5, 5.41) is 9.14. The maximum Gasteiger partial charge on any atom is 0.355 e. The zero-order valence-corrected chi connectivity index (χ0v) is 10.9. The molecule has 2 rings (SSSR count). The molecule has 1 aromatic carbocycles. The largest absolute Gasteiger partial charge is 0.476 e. The first-order valence-corrected chi connectivity index (χ1v) is 6.21. The molecule has 0 radical (unpaired) electrons. The minimum Gasteiger partial charge on any atom is -0.476 e. The first-order valence-electron chi connectivity index (χ1n) is 6.21. The molecule has 1 heterocycles. The van der Waals surface area contributed by atoms with Crippen LogP contribution in [0.3, 0.4) is 0 Å². The highest BCUT2D eigenvalue weighted by Crippen LogP contribution is 2.21. The molecule has 0 aliphatic heterocycles. The second kappa shape index (κ2) is 5.30. The molecule has 0 aliphatic rings. The summed E-state index contributed by atoms with van der Waals surface area (Å²) in [5.74, 6) is -1.04. The Morgan fingerprint density at radius 1 is 1.42 bits per heavy atom. The standard InChI is InChI=1S/C14H15FN2O2/c1-3-8(2)7-11-16-10-6-4-5-9(15)12(10)13(17-11)14(18)19/h4-6,8H,3,7H2,1-2H3,(H,18,19). The van der Waals surface area contributed by atoms with Gasteiger partial charge in [0.05, 0.1) is 10.9 Å². The van der Waals surface area contributed by atoms with Gasteiger partial charge in [-0.25, -0.2) is 19.2 Å². The summed E-state index contributed by atoms with van der Waals surface area (Å²) in [4.78, 5) is 19.5. The van der Waals surface area contributed by atoms with Crippen molar-refractivity contribution in [2.75, 3.05) is 0 Å². The molecule has 1 atom stereocenters. The molecule has 4 nitrogen and oxygen atoms in total. The average molecular weight is 262 g/mol. The van der Waals surface area contributed by atoms with E-state index in [1.807, 2.05) is 13.8 Å². The summed E-state index contributed by atoms with van der Waals surface area (Å²) in [6, 6.07) is 4.34. The molecule has 100 valence electrons. The predicted octanol–water partition coefficient (Wildman–Crippen LogP) is 3.06. The summed E-state index contributed by atoms with van der Waals surface area (Å²) in [7, 11) is 0. The average Bonchev–Trinajstić information content (AvgIpc) is 2.37. The molecule has 0 amide bonds. The van der Waals surface area contributed by atoms with Crippen molar-refractivity contribution in [2.45, 2.75) is 26.7 Å². The van der Waals surface area contributed by atoms with E-state index in [0.717, 1.165) is 6.42 Å². The number of nitrogens with zero attached hydrogens (tertiary/aromatic N) is 2. The molecular weight excluding hydrogens is 247 g/mol. The third-order valence-corrected chi connectivity index (χ3v) is 3.15. The number of fused-ring (bicyclic) bond motifs is 1. The number of benzene rings is 1. The molecule has 2 aromatic rings. The van der Waals surface area contributed by atoms with Gasteiger partial charge in [0.2, 0.25) is 0 Å². The van der Waals surface area contributed by atoms with Gasteiger partial charge in [-0.2, -0.15) is 0 Å². The summed E-state index contributed by atoms with van der Waals surface area (Å²) in [6.07, 6.45) is 1.54. The number of carboxylic acid groups (broad SMARTS) is 1. The van der Waals surface area contributed by atoms with Crippen molar-refractivity contribution in [3.05, 3.63) is 35.5 Å². The molecule has 0 spiro atoms. The van der Waals surface area contributed by atoms with Crippen molar-refractivity contribution in [1.29, 1.82) is 0 Å². The van der Waals surface area contributed by atoms with E-state index >= 15 is 0 Å². The Kier molecular flexibility index (Phi) is 3.74. The molecule has 1 N–H and O–H groups in total. The maximum absolute atomic E-state index is 13.7. The molecule has 0 fully saturated rings. The quantitative estimate of drug-likeness (QED) is 0.919. The number of hydrogen-bond acceptors (Lipinski definition) is 3. The fourth-order valence-electron chi connectivity index (χ4n) is 1.89. The minimum absolute atomic E-state index is 0.0251. The van der Waals surface area contributed by atoms with Crippen molar-refractivity contribution in [3.8, 4) is 0 Å². The molecular formula is C14H15FN2O2. The third kappa shape index (κ3) is 2.70. The lowest BCUT2D eigenvalue weighted by Gasteiger charge is -2.09. The van der Waals surface area contributed by atoms with E-state index in [4.69, 9.17) is 5.11 Å². The molecule has 1 unspecified atom stereocenters. The molecule has 5 heteroatoms. The molecule has 0 saturated carbocycles. The van der Waals surface area contributed by atoms with Gasteiger partial charge in [-0.05, 0) is 18.1 Å². The van der Waals surface area contributed by atoms with E-state index in [9.17, 15) is 9.18 Å². The molecule has 0 aliphatic carbocycles. The lowest BCUT2D eigenvalue weighted by molar-refractivity contribution is 0.0692. The Morgan fingerprint density at radius 2 is 2.16 bits per heavy atom. The second-order valence-electron chi connectivity index (χ2n) is 4.65. The van der Waals surface area contributed by atoms with E-state index in [2.05, 4.69) is 9.97 Å². The Hall–Kier alpha value is -2.04. The minimum atomic E-state index is -1.23. The maximum atomic E-state index is 13.7. The summed E-state index contributed by atoms with van der Waals surface area (Å²) < 4.78 is 13.7. The molecule has 1 aromatic heterocycles. The van der Waals surface area contributed by atoms with Crippen molar-refractivity contribution in [1.82, 2.24) is 9.97 Å². The van der Waals surface area contributed by atoms with E-state index in [1.54, 1.807) is 6.07 Å². The SMILES string of the molecule is CCC(C)Cc1nc(C(=O)O)c2c(F)cccc2n1. The van der Waals surface area contributed by atoms with Crippen LogP contribution < -0.4 is 0 Å². The molecule has 0 bridgehead atoms. The van der Waals surface area contributed by atoms with Gasteiger partial charge >= 0.3 is 5.97 Å². The fourth-order valence-corrected chi connectivity index (χ4v) is 1.89. The number of halogens is 1. The first-order chi connectivity index (χ1) is 9.02.